The van der Waals surface area contributed by atoms with Gasteiger partial charge in [0.25, 0.3) is 5.91 Å². The summed E-state index contributed by atoms with van der Waals surface area (Å²) in [6, 6.07) is 14.2. The number of thiocarbonyl (C=S) groups is 1. The SMILES string of the molecule is COc1ccc(Cl)cc1C(=O)NC(=S)Nc1cc2nn(-c3ccc(F)cc3)nc2cc1C. The van der Waals surface area contributed by atoms with E-state index in [0.29, 0.717) is 33.2 Å². The Morgan fingerprint density at radius 2 is 1.78 bits per heavy atom. The van der Waals surface area contributed by atoms with Crippen LogP contribution in [-0.4, -0.2) is 33.1 Å². The van der Waals surface area contributed by atoms with Crippen molar-refractivity contribution >= 4 is 51.6 Å². The van der Waals surface area contributed by atoms with Crippen LogP contribution >= 0.6 is 23.8 Å². The number of fused-ring (bicyclic) bond motifs is 1. The molecule has 1 heterocycles. The summed E-state index contributed by atoms with van der Waals surface area (Å²) < 4.78 is 18.4. The fraction of sp³-hybridized carbons (Fsp3) is 0.0909. The van der Waals surface area contributed by atoms with Crippen LogP contribution in [0.15, 0.2) is 54.6 Å². The van der Waals surface area contributed by atoms with Crippen LogP contribution in [0.5, 0.6) is 5.75 Å². The third kappa shape index (κ3) is 4.53. The van der Waals surface area contributed by atoms with Crippen molar-refractivity contribution in [2.75, 3.05) is 12.4 Å². The van der Waals surface area contributed by atoms with Gasteiger partial charge in [-0.3, -0.25) is 10.1 Å². The first-order valence-corrected chi connectivity index (χ1v) is 10.2. The van der Waals surface area contributed by atoms with Gasteiger partial charge >= 0.3 is 0 Å². The first-order chi connectivity index (χ1) is 15.3. The molecular weight excluding hydrogens is 453 g/mol. The Balaban J connectivity index is 1.54. The van der Waals surface area contributed by atoms with E-state index in [-0.39, 0.29) is 16.5 Å². The number of nitrogens with one attached hydrogen (secondary N) is 2. The van der Waals surface area contributed by atoms with Gasteiger partial charge in [-0.25, -0.2) is 4.39 Å². The van der Waals surface area contributed by atoms with Gasteiger partial charge < -0.3 is 10.1 Å². The Labute approximate surface area is 193 Å². The second-order valence-corrected chi connectivity index (χ2v) is 7.72. The number of aromatic nitrogens is 3. The van der Waals surface area contributed by atoms with E-state index in [1.54, 1.807) is 30.3 Å². The van der Waals surface area contributed by atoms with Gasteiger partial charge in [-0.1, -0.05) is 11.6 Å². The van der Waals surface area contributed by atoms with E-state index >= 15 is 0 Å². The fourth-order valence-corrected chi connectivity index (χ4v) is 3.45. The highest BCUT2D eigenvalue weighted by atomic mass is 35.5. The molecule has 0 saturated heterocycles. The molecular formula is C22H17ClFN5O2S. The molecule has 0 bridgehead atoms. The van der Waals surface area contributed by atoms with Crippen molar-refractivity contribution in [1.82, 2.24) is 20.3 Å². The Bertz CT molecular complexity index is 1340. The van der Waals surface area contributed by atoms with Crippen molar-refractivity contribution in [2.24, 2.45) is 0 Å². The zero-order chi connectivity index (χ0) is 22.8. The van der Waals surface area contributed by atoms with E-state index in [4.69, 9.17) is 28.6 Å². The van der Waals surface area contributed by atoms with Gasteiger partial charge in [-0.05, 0) is 79.3 Å². The minimum atomic E-state index is -0.456. The second kappa shape index (κ2) is 8.89. The van der Waals surface area contributed by atoms with Gasteiger partial charge in [-0.15, -0.1) is 10.2 Å². The number of carbonyl (C=O) groups excluding carboxylic acids is 1. The Kier molecular flexibility index (Phi) is 6.02. The van der Waals surface area contributed by atoms with Crippen LogP contribution in [0.3, 0.4) is 0 Å². The molecule has 2 N–H and O–H groups in total. The summed E-state index contributed by atoms with van der Waals surface area (Å²) in [4.78, 5) is 14.1. The quantitative estimate of drug-likeness (QED) is 0.423. The molecule has 0 atom stereocenters. The first-order valence-electron chi connectivity index (χ1n) is 9.43. The summed E-state index contributed by atoms with van der Waals surface area (Å²) in [5.74, 6) is -0.411. The minimum Gasteiger partial charge on any atom is -0.496 e. The number of methoxy groups -OCH3 is 1. The maximum atomic E-state index is 13.2. The zero-order valence-corrected chi connectivity index (χ0v) is 18.6. The van der Waals surface area contributed by atoms with Crippen LogP contribution in [0, 0.1) is 12.7 Å². The third-order valence-corrected chi connectivity index (χ3v) is 5.10. The largest absolute Gasteiger partial charge is 0.496 e. The third-order valence-electron chi connectivity index (χ3n) is 4.67. The van der Waals surface area contributed by atoms with Crippen LogP contribution < -0.4 is 15.4 Å². The summed E-state index contributed by atoms with van der Waals surface area (Å²) in [6.07, 6.45) is 0. The molecule has 10 heteroatoms. The molecule has 0 aliphatic heterocycles. The summed E-state index contributed by atoms with van der Waals surface area (Å²) >= 11 is 11.3. The fourth-order valence-electron chi connectivity index (χ4n) is 3.07. The number of benzene rings is 3. The highest BCUT2D eigenvalue weighted by Gasteiger charge is 2.15. The zero-order valence-electron chi connectivity index (χ0n) is 17.0. The average Bonchev–Trinajstić information content (AvgIpc) is 3.17. The van der Waals surface area contributed by atoms with Crippen molar-refractivity contribution < 1.29 is 13.9 Å². The molecule has 1 amide bonds. The topological polar surface area (TPSA) is 81.1 Å². The maximum Gasteiger partial charge on any atom is 0.261 e. The molecule has 7 nitrogen and oxygen atoms in total. The molecule has 162 valence electrons. The molecule has 0 aliphatic carbocycles. The number of halogens is 2. The van der Waals surface area contributed by atoms with Crippen molar-refractivity contribution in [3.63, 3.8) is 0 Å². The average molecular weight is 470 g/mol. The van der Waals surface area contributed by atoms with Crippen molar-refractivity contribution in [2.45, 2.75) is 6.92 Å². The second-order valence-electron chi connectivity index (χ2n) is 6.87. The van der Waals surface area contributed by atoms with E-state index in [0.717, 1.165) is 5.56 Å². The number of ether oxygens (including phenoxy) is 1. The summed E-state index contributed by atoms with van der Waals surface area (Å²) in [5, 5.41) is 15.0. The number of hydrogen-bond acceptors (Lipinski definition) is 5. The Morgan fingerprint density at radius 3 is 2.47 bits per heavy atom. The first kappa shape index (κ1) is 21.7. The van der Waals surface area contributed by atoms with Gasteiger partial charge in [0.15, 0.2) is 5.11 Å². The van der Waals surface area contributed by atoms with E-state index in [9.17, 15) is 9.18 Å². The van der Waals surface area contributed by atoms with Gasteiger partial charge in [0.2, 0.25) is 0 Å². The van der Waals surface area contributed by atoms with Crippen molar-refractivity contribution in [1.29, 1.82) is 0 Å². The minimum absolute atomic E-state index is 0.102. The number of anilines is 1. The Hall–Kier alpha value is -3.56. The predicted octanol–water partition coefficient (Wildman–Crippen LogP) is 4.66. The van der Waals surface area contributed by atoms with Gasteiger partial charge in [0.05, 0.1) is 18.4 Å². The van der Waals surface area contributed by atoms with E-state index in [1.165, 1.54) is 30.1 Å². The predicted molar refractivity (Wildman–Crippen MR) is 125 cm³/mol. The van der Waals surface area contributed by atoms with Gasteiger partial charge in [-0.2, -0.15) is 4.80 Å². The number of aryl methyl sites for hydroxylation is 1. The van der Waals surface area contributed by atoms with Crippen molar-refractivity contribution in [3.8, 4) is 11.4 Å². The molecule has 0 saturated carbocycles. The van der Waals surface area contributed by atoms with Gasteiger partial charge in [0, 0.05) is 10.7 Å². The molecule has 3 aromatic carbocycles. The summed E-state index contributed by atoms with van der Waals surface area (Å²) in [5.41, 5.74) is 3.67. The van der Waals surface area contributed by atoms with E-state index in [1.807, 2.05) is 13.0 Å². The highest BCUT2D eigenvalue weighted by molar-refractivity contribution is 7.80. The number of amides is 1. The lowest BCUT2D eigenvalue weighted by Crippen LogP contribution is -2.34. The maximum absolute atomic E-state index is 13.2. The number of carbonyl (C=O) groups is 1. The van der Waals surface area contributed by atoms with Crippen molar-refractivity contribution in [3.05, 3.63) is 76.6 Å². The molecule has 1 aromatic heterocycles. The molecule has 0 fully saturated rings. The molecule has 0 aliphatic rings. The smallest absolute Gasteiger partial charge is 0.261 e. The lowest BCUT2D eigenvalue weighted by atomic mass is 10.1. The van der Waals surface area contributed by atoms with Crippen LogP contribution in [0.1, 0.15) is 15.9 Å². The van der Waals surface area contributed by atoms with Crippen LogP contribution in [0.4, 0.5) is 10.1 Å². The summed E-state index contributed by atoms with van der Waals surface area (Å²) in [6.45, 7) is 1.88. The van der Waals surface area contributed by atoms with Gasteiger partial charge in [0.1, 0.15) is 22.6 Å². The Morgan fingerprint density at radius 1 is 1.09 bits per heavy atom. The highest BCUT2D eigenvalue weighted by Crippen LogP contribution is 2.24. The van der Waals surface area contributed by atoms with E-state index in [2.05, 4.69) is 20.8 Å². The van der Waals surface area contributed by atoms with E-state index < -0.39 is 5.91 Å². The lowest BCUT2D eigenvalue weighted by molar-refractivity contribution is 0.0974. The monoisotopic (exact) mass is 469 g/mol. The molecule has 0 spiro atoms. The molecule has 32 heavy (non-hydrogen) atoms. The van der Waals surface area contributed by atoms with Crippen LogP contribution in [0.2, 0.25) is 5.02 Å². The van der Waals surface area contributed by atoms with Crippen LogP contribution in [-0.2, 0) is 0 Å². The number of rotatable bonds is 4. The molecule has 4 rings (SSSR count). The summed E-state index contributed by atoms with van der Waals surface area (Å²) in [7, 11) is 1.47. The lowest BCUT2D eigenvalue weighted by Gasteiger charge is -2.13. The molecule has 0 radical (unpaired) electrons. The molecule has 4 aromatic rings. The van der Waals surface area contributed by atoms with Crippen LogP contribution in [0.25, 0.3) is 16.7 Å². The molecule has 0 unspecified atom stereocenters. The number of nitrogens with zero attached hydrogens (tertiary/aromatic N) is 3. The normalized spacial score (nSPS) is 10.8. The number of hydrogen-bond donors (Lipinski definition) is 2. The standard InChI is InChI=1S/C22H17ClFN5O2S/c1-12-9-18-19(28-29(27-18)15-6-4-14(24)5-7-15)11-17(12)25-22(32)26-21(30)16-10-13(23)3-8-20(16)31-2/h3-11H,1-2H3,(H2,25,26,30,32).